The van der Waals surface area contributed by atoms with E-state index in [1.54, 1.807) is 16.3 Å². The molecule has 0 aliphatic rings. The van der Waals surface area contributed by atoms with Gasteiger partial charge in [0.15, 0.2) is 5.16 Å². The van der Waals surface area contributed by atoms with Gasteiger partial charge in [0.25, 0.3) is 5.56 Å². The highest BCUT2D eigenvalue weighted by Gasteiger charge is 2.17. The molecule has 3 aromatic heterocycles. The van der Waals surface area contributed by atoms with Gasteiger partial charge in [0.2, 0.25) is 5.78 Å². The number of hydrogen-bond donors (Lipinski definition) is 0. The Bertz CT molecular complexity index is 1100. The third-order valence-electron chi connectivity index (χ3n) is 4.32. The molecule has 0 aliphatic heterocycles. The van der Waals surface area contributed by atoms with Crippen LogP contribution in [0.1, 0.15) is 25.8 Å². The monoisotopic (exact) mass is 384 g/mol. The van der Waals surface area contributed by atoms with Crippen molar-refractivity contribution in [3.8, 4) is 0 Å². The molecule has 0 atom stereocenters. The van der Waals surface area contributed by atoms with Crippen LogP contribution in [0, 0.1) is 5.92 Å². The van der Waals surface area contributed by atoms with Crippen LogP contribution in [0.3, 0.4) is 0 Å². The van der Waals surface area contributed by atoms with Crippen LogP contribution in [0.2, 0.25) is 0 Å². The number of aryl methyl sites for hydroxylation is 1. The zero-order valence-electron chi connectivity index (χ0n) is 14.8. The lowest BCUT2D eigenvalue weighted by Crippen LogP contribution is -2.23. The van der Waals surface area contributed by atoms with Crippen molar-refractivity contribution < 1.29 is 0 Å². The Balaban J connectivity index is 1.79. The van der Waals surface area contributed by atoms with Crippen LogP contribution in [-0.2, 0) is 12.3 Å². The number of thioether (sulfide) groups is 1. The van der Waals surface area contributed by atoms with Crippen molar-refractivity contribution >= 4 is 39.1 Å². The molecule has 0 amide bonds. The maximum Gasteiger partial charge on any atom is 0.272 e. The van der Waals surface area contributed by atoms with Crippen LogP contribution in [0.15, 0.2) is 51.7 Å². The van der Waals surface area contributed by atoms with Gasteiger partial charge in [-0.05, 0) is 29.3 Å². The van der Waals surface area contributed by atoms with Crippen molar-refractivity contribution in [3.05, 3.63) is 57.7 Å². The van der Waals surface area contributed by atoms with Gasteiger partial charge in [-0.25, -0.2) is 0 Å². The molecular formula is C19H20N4OS2. The lowest BCUT2D eigenvalue weighted by molar-refractivity contribution is 0.512. The Morgan fingerprint density at radius 1 is 1.15 bits per heavy atom. The van der Waals surface area contributed by atoms with Gasteiger partial charge in [-0.2, -0.15) is 0 Å². The van der Waals surface area contributed by atoms with E-state index in [2.05, 4.69) is 36.2 Å². The molecule has 7 heteroatoms. The zero-order valence-corrected chi connectivity index (χ0v) is 16.4. The summed E-state index contributed by atoms with van der Waals surface area (Å²) in [4.78, 5) is 12.9. The minimum atomic E-state index is 0.0372. The third kappa shape index (κ3) is 3.17. The number of aromatic nitrogens is 4. The molecule has 3 heterocycles. The molecule has 0 unspecified atom stereocenters. The van der Waals surface area contributed by atoms with Gasteiger partial charge in [0.05, 0.1) is 5.52 Å². The van der Waals surface area contributed by atoms with Gasteiger partial charge in [-0.1, -0.05) is 55.9 Å². The predicted octanol–water partition coefficient (Wildman–Crippen LogP) is 4.44. The molecule has 0 N–H and O–H groups in total. The molecule has 4 aromatic rings. The van der Waals surface area contributed by atoms with Crippen molar-refractivity contribution in [2.75, 3.05) is 0 Å². The molecule has 4 rings (SSSR count). The van der Waals surface area contributed by atoms with Crippen molar-refractivity contribution in [1.29, 1.82) is 0 Å². The Hall–Kier alpha value is -2.12. The molecule has 5 nitrogen and oxygen atoms in total. The topological polar surface area (TPSA) is 52.2 Å². The van der Waals surface area contributed by atoms with Crippen molar-refractivity contribution in [2.45, 2.75) is 37.7 Å². The highest BCUT2D eigenvalue weighted by Crippen LogP contribution is 2.26. The lowest BCUT2D eigenvalue weighted by atomic mass is 10.1. The fraction of sp³-hybridized carbons (Fsp3) is 0.316. The molecule has 1 aromatic carbocycles. The fourth-order valence-electron chi connectivity index (χ4n) is 2.90. The van der Waals surface area contributed by atoms with Crippen LogP contribution in [-0.4, -0.2) is 19.2 Å². The number of rotatable bonds is 6. The number of nitrogens with zero attached hydrogens (tertiary/aromatic N) is 4. The number of hydrogen-bond acceptors (Lipinski definition) is 5. The summed E-state index contributed by atoms with van der Waals surface area (Å²) >= 11 is 3.13. The lowest BCUT2D eigenvalue weighted by Gasteiger charge is -2.10. The molecule has 0 aliphatic carbocycles. The SMILES string of the molecule is CC(C)CCn1c(=O)c2sccc2n2c(SCc3ccccc3)nnc12. The van der Waals surface area contributed by atoms with Gasteiger partial charge >= 0.3 is 0 Å². The molecule has 134 valence electrons. The average molecular weight is 385 g/mol. The molecule has 0 bridgehead atoms. The van der Waals surface area contributed by atoms with E-state index in [0.717, 1.165) is 27.5 Å². The highest BCUT2D eigenvalue weighted by molar-refractivity contribution is 7.98. The van der Waals surface area contributed by atoms with Crippen molar-refractivity contribution in [3.63, 3.8) is 0 Å². The van der Waals surface area contributed by atoms with Crippen LogP contribution < -0.4 is 5.56 Å². The Kier molecular flexibility index (Phi) is 4.82. The van der Waals surface area contributed by atoms with E-state index in [0.29, 0.717) is 18.2 Å². The normalized spacial score (nSPS) is 11.8. The van der Waals surface area contributed by atoms with E-state index < -0.39 is 0 Å². The summed E-state index contributed by atoms with van der Waals surface area (Å²) < 4.78 is 4.57. The quantitative estimate of drug-likeness (QED) is 0.461. The molecule has 26 heavy (non-hydrogen) atoms. The van der Waals surface area contributed by atoms with E-state index in [1.807, 2.05) is 34.0 Å². The van der Waals surface area contributed by atoms with Gasteiger partial charge < -0.3 is 0 Å². The second-order valence-electron chi connectivity index (χ2n) is 6.67. The van der Waals surface area contributed by atoms with Gasteiger partial charge in [-0.3, -0.25) is 13.8 Å². The summed E-state index contributed by atoms with van der Waals surface area (Å²) in [6.07, 6.45) is 0.936. The maximum atomic E-state index is 12.9. The van der Waals surface area contributed by atoms with Crippen LogP contribution >= 0.6 is 23.1 Å². The molecule has 0 fully saturated rings. The third-order valence-corrected chi connectivity index (χ3v) is 6.21. The Labute approximate surface area is 159 Å². The summed E-state index contributed by atoms with van der Waals surface area (Å²) in [5.41, 5.74) is 2.18. The van der Waals surface area contributed by atoms with Crippen LogP contribution in [0.25, 0.3) is 16.0 Å². The minimum Gasteiger partial charge on any atom is -0.276 e. The standard InChI is InChI=1S/C19H20N4OS2/c1-13(2)8-10-22-17(24)16-15(9-11-25-16)23-18(22)20-21-19(23)26-12-14-6-4-3-5-7-14/h3-7,9,11,13H,8,10,12H2,1-2H3. The Morgan fingerprint density at radius 3 is 2.73 bits per heavy atom. The van der Waals surface area contributed by atoms with Gasteiger partial charge in [0.1, 0.15) is 4.70 Å². The van der Waals surface area contributed by atoms with Crippen LogP contribution in [0.5, 0.6) is 0 Å². The number of benzene rings is 1. The van der Waals surface area contributed by atoms with Gasteiger partial charge in [-0.15, -0.1) is 21.5 Å². The first-order chi connectivity index (χ1) is 12.6. The fourth-order valence-corrected chi connectivity index (χ4v) is 4.62. The first kappa shape index (κ1) is 17.3. The van der Waals surface area contributed by atoms with Gasteiger partial charge in [0, 0.05) is 12.3 Å². The minimum absolute atomic E-state index is 0.0372. The largest absolute Gasteiger partial charge is 0.276 e. The number of thiophene rings is 1. The van der Waals surface area contributed by atoms with E-state index in [4.69, 9.17) is 0 Å². The Morgan fingerprint density at radius 2 is 1.96 bits per heavy atom. The summed E-state index contributed by atoms with van der Waals surface area (Å²) in [6, 6.07) is 12.3. The summed E-state index contributed by atoms with van der Waals surface area (Å²) in [5, 5.41) is 11.5. The highest BCUT2D eigenvalue weighted by atomic mass is 32.2. The molecule has 0 spiro atoms. The average Bonchev–Trinajstić information content (AvgIpc) is 3.27. The van der Waals surface area contributed by atoms with Crippen molar-refractivity contribution in [1.82, 2.24) is 19.2 Å². The van der Waals surface area contributed by atoms with E-state index >= 15 is 0 Å². The van der Waals surface area contributed by atoms with Crippen LogP contribution in [0.4, 0.5) is 0 Å². The molecule has 0 saturated heterocycles. The van der Waals surface area contributed by atoms with E-state index in [-0.39, 0.29) is 5.56 Å². The molecule has 0 radical (unpaired) electrons. The predicted molar refractivity (Wildman–Crippen MR) is 108 cm³/mol. The second kappa shape index (κ2) is 7.25. The first-order valence-electron chi connectivity index (χ1n) is 8.67. The summed E-state index contributed by atoms with van der Waals surface area (Å²) in [7, 11) is 0. The number of fused-ring (bicyclic) bond motifs is 3. The van der Waals surface area contributed by atoms with E-state index in [9.17, 15) is 4.79 Å². The molecular weight excluding hydrogens is 364 g/mol. The summed E-state index contributed by atoms with van der Waals surface area (Å²) in [5.74, 6) is 1.98. The maximum absolute atomic E-state index is 12.9. The summed E-state index contributed by atoms with van der Waals surface area (Å²) in [6.45, 7) is 4.99. The molecule has 0 saturated carbocycles. The van der Waals surface area contributed by atoms with Crippen molar-refractivity contribution in [2.24, 2.45) is 5.92 Å². The van der Waals surface area contributed by atoms with E-state index in [1.165, 1.54) is 16.9 Å². The zero-order chi connectivity index (χ0) is 18.1. The second-order valence-corrected chi connectivity index (χ2v) is 8.53. The first-order valence-corrected chi connectivity index (χ1v) is 10.5. The smallest absolute Gasteiger partial charge is 0.272 e.